The number of rotatable bonds is 12. The molecule has 10 heteroatoms. The van der Waals surface area contributed by atoms with Gasteiger partial charge >= 0.3 is 7.48 Å². The van der Waals surface area contributed by atoms with Crippen molar-refractivity contribution in [1.29, 1.82) is 0 Å². The fourth-order valence-corrected chi connectivity index (χ4v) is 5.65. The molecule has 1 radical (unpaired) electrons. The first-order valence-corrected chi connectivity index (χ1v) is 13.9. The van der Waals surface area contributed by atoms with Gasteiger partial charge in [-0.05, 0) is 64.4 Å². The molecule has 1 aromatic carbocycles. The zero-order valence-corrected chi connectivity index (χ0v) is 24.8. The van der Waals surface area contributed by atoms with Crippen LogP contribution in [0.4, 0.5) is 0 Å². The first kappa shape index (κ1) is 31.1. The van der Waals surface area contributed by atoms with E-state index in [1.807, 2.05) is 43.0 Å². The summed E-state index contributed by atoms with van der Waals surface area (Å²) in [7, 11) is 4.89. The maximum Gasteiger partial charge on any atom is 0.330 e. The highest BCUT2D eigenvalue weighted by atomic mass is 16.5. The number of carbonyl (C=O) groups excluding carboxylic acids is 2. The minimum atomic E-state index is -0.891. The number of aliphatic imine (C=N–C) groups is 1. The number of piperidine rings is 1. The van der Waals surface area contributed by atoms with Crippen LogP contribution in [0.25, 0.3) is 0 Å². The van der Waals surface area contributed by atoms with Crippen LogP contribution < -0.4 is 16.1 Å². The molecule has 215 valence electrons. The molecular weight excluding hydrogens is 495 g/mol. The standard InChI is InChI=1S/C29H46BN4O5/c1-18(2)24(32-23(35)16-38-8)27(36)34-22-14-9-19(15-22)25(34)26(31-7)33-29(5,6)20-10-12-21(13-11-20)30-39-17-28(3,4)37/h10-13,18-19,22,24-25,37H,9,14-17H2,1-8H3,(H,31,33)(H,32,35). The van der Waals surface area contributed by atoms with E-state index in [0.717, 1.165) is 36.1 Å². The molecule has 1 saturated carbocycles. The summed E-state index contributed by atoms with van der Waals surface area (Å²) in [6.45, 7) is 11.6. The first-order chi connectivity index (χ1) is 18.3. The highest BCUT2D eigenvalue weighted by Gasteiger charge is 2.52. The van der Waals surface area contributed by atoms with E-state index < -0.39 is 17.2 Å². The molecule has 1 aliphatic heterocycles. The number of methoxy groups -OCH3 is 1. The largest absolute Gasteiger partial charge is 0.431 e. The Hall–Kier alpha value is -2.43. The number of hydrogen-bond donors (Lipinski definition) is 3. The predicted molar refractivity (Wildman–Crippen MR) is 154 cm³/mol. The molecule has 2 amide bonds. The monoisotopic (exact) mass is 541 g/mol. The van der Waals surface area contributed by atoms with Crippen molar-refractivity contribution >= 4 is 30.6 Å². The maximum atomic E-state index is 13.9. The van der Waals surface area contributed by atoms with Gasteiger partial charge < -0.3 is 30.0 Å². The zero-order chi connectivity index (χ0) is 29.0. The molecule has 3 rings (SSSR count). The van der Waals surface area contributed by atoms with Crippen molar-refractivity contribution in [2.45, 2.75) is 90.1 Å². The summed E-state index contributed by atoms with van der Waals surface area (Å²) < 4.78 is 10.5. The van der Waals surface area contributed by atoms with E-state index in [1.165, 1.54) is 7.11 Å². The topological polar surface area (TPSA) is 112 Å². The number of amidine groups is 1. The maximum absolute atomic E-state index is 13.9. The Labute approximate surface area is 234 Å². The van der Waals surface area contributed by atoms with Crippen molar-refractivity contribution in [3.8, 4) is 0 Å². The minimum Gasteiger partial charge on any atom is -0.431 e. The molecule has 1 heterocycles. The Morgan fingerprint density at radius 3 is 2.41 bits per heavy atom. The number of nitrogens with zero attached hydrogens (tertiary/aromatic N) is 2. The highest BCUT2D eigenvalue weighted by Crippen LogP contribution is 2.43. The summed E-state index contributed by atoms with van der Waals surface area (Å²) in [6.07, 6.45) is 2.97. The Morgan fingerprint density at radius 1 is 1.18 bits per heavy atom. The van der Waals surface area contributed by atoms with Gasteiger partial charge in [-0.3, -0.25) is 14.6 Å². The Bertz CT molecular complexity index is 1020. The molecule has 4 unspecified atom stereocenters. The van der Waals surface area contributed by atoms with Crippen molar-refractivity contribution in [2.24, 2.45) is 16.8 Å². The molecule has 1 aromatic rings. The number of carbonyl (C=O) groups is 2. The average molecular weight is 542 g/mol. The SMILES string of the molecule is CN=C(NC(C)(C)c1ccc([B]OCC(C)(C)O)cc1)C1C2CCC(C2)N1C(=O)C(NC(=O)COC)C(C)C. The van der Waals surface area contributed by atoms with E-state index in [0.29, 0.717) is 5.92 Å². The van der Waals surface area contributed by atoms with Crippen molar-refractivity contribution in [2.75, 3.05) is 27.4 Å². The van der Waals surface area contributed by atoms with Gasteiger partial charge in [0.1, 0.15) is 18.5 Å². The number of nitrogens with one attached hydrogen (secondary N) is 2. The van der Waals surface area contributed by atoms with Gasteiger partial charge in [0.15, 0.2) is 0 Å². The van der Waals surface area contributed by atoms with Crippen LogP contribution >= 0.6 is 0 Å². The van der Waals surface area contributed by atoms with Gasteiger partial charge in [0.2, 0.25) is 11.8 Å². The molecular formula is C29H46BN4O5. The van der Waals surface area contributed by atoms with E-state index in [2.05, 4.69) is 29.5 Å². The van der Waals surface area contributed by atoms with Crippen molar-refractivity contribution in [3.05, 3.63) is 29.8 Å². The van der Waals surface area contributed by atoms with E-state index in [-0.39, 0.29) is 43.0 Å². The van der Waals surface area contributed by atoms with Gasteiger partial charge in [-0.15, -0.1) is 0 Å². The van der Waals surface area contributed by atoms with Crippen LogP contribution in [0, 0.1) is 11.8 Å². The molecule has 2 fully saturated rings. The summed E-state index contributed by atoms with van der Waals surface area (Å²) >= 11 is 0. The second kappa shape index (κ2) is 12.8. The predicted octanol–water partition coefficient (Wildman–Crippen LogP) is 1.74. The third-order valence-electron chi connectivity index (χ3n) is 7.61. The zero-order valence-electron chi connectivity index (χ0n) is 24.8. The molecule has 3 N–H and O–H groups in total. The van der Waals surface area contributed by atoms with Crippen LogP contribution in [-0.2, 0) is 24.5 Å². The average Bonchev–Trinajstić information content (AvgIpc) is 3.47. The molecule has 1 saturated heterocycles. The number of ether oxygens (including phenoxy) is 1. The fourth-order valence-electron chi connectivity index (χ4n) is 5.65. The number of hydrogen-bond acceptors (Lipinski definition) is 6. The normalized spacial score (nSPS) is 22.3. The number of fused-ring (bicyclic) bond motifs is 2. The third-order valence-corrected chi connectivity index (χ3v) is 7.61. The van der Waals surface area contributed by atoms with Crippen LogP contribution in [0.5, 0.6) is 0 Å². The quantitative estimate of drug-likeness (QED) is 0.211. The summed E-state index contributed by atoms with van der Waals surface area (Å²) in [5, 5.41) is 16.4. The molecule has 0 aromatic heterocycles. The van der Waals surface area contributed by atoms with Gasteiger partial charge in [-0.2, -0.15) is 0 Å². The molecule has 2 bridgehead atoms. The van der Waals surface area contributed by atoms with Crippen LogP contribution in [0.2, 0.25) is 0 Å². The lowest BCUT2D eigenvalue weighted by Crippen LogP contribution is -2.60. The number of aliphatic hydroxyl groups is 1. The molecule has 1 aliphatic carbocycles. The lowest BCUT2D eigenvalue weighted by atomic mass is 9.84. The van der Waals surface area contributed by atoms with E-state index in [1.54, 1.807) is 28.4 Å². The molecule has 39 heavy (non-hydrogen) atoms. The van der Waals surface area contributed by atoms with Crippen LogP contribution in [0.1, 0.15) is 66.4 Å². The summed E-state index contributed by atoms with van der Waals surface area (Å²) in [4.78, 5) is 32.9. The third kappa shape index (κ3) is 7.83. The summed E-state index contributed by atoms with van der Waals surface area (Å²) in [6, 6.07) is 7.41. The van der Waals surface area contributed by atoms with E-state index in [4.69, 9.17) is 9.39 Å². The molecule has 2 aliphatic rings. The number of amides is 2. The highest BCUT2D eigenvalue weighted by molar-refractivity contribution is 6.46. The van der Waals surface area contributed by atoms with Gasteiger partial charge in [0, 0.05) is 20.2 Å². The van der Waals surface area contributed by atoms with Crippen LogP contribution in [0.3, 0.4) is 0 Å². The Kier molecular flexibility index (Phi) is 10.2. The lowest BCUT2D eigenvalue weighted by molar-refractivity contribution is -0.141. The van der Waals surface area contributed by atoms with Gasteiger partial charge in [0.05, 0.1) is 23.8 Å². The van der Waals surface area contributed by atoms with E-state index in [9.17, 15) is 14.7 Å². The second-order valence-corrected chi connectivity index (χ2v) is 12.4. The van der Waals surface area contributed by atoms with Crippen LogP contribution in [0.15, 0.2) is 29.3 Å². The molecule has 9 nitrogen and oxygen atoms in total. The summed E-state index contributed by atoms with van der Waals surface area (Å²) in [5.41, 5.74) is 0.624. The summed E-state index contributed by atoms with van der Waals surface area (Å²) in [5.74, 6) is 0.703. The van der Waals surface area contributed by atoms with E-state index >= 15 is 0 Å². The van der Waals surface area contributed by atoms with Crippen molar-refractivity contribution in [1.82, 2.24) is 15.5 Å². The number of likely N-dealkylation sites (tertiary alicyclic amines) is 1. The Balaban J connectivity index is 1.76. The minimum absolute atomic E-state index is 0.0571. The van der Waals surface area contributed by atoms with Gasteiger partial charge in [-0.25, -0.2) is 0 Å². The Morgan fingerprint density at radius 2 is 1.85 bits per heavy atom. The molecule has 4 atom stereocenters. The smallest absolute Gasteiger partial charge is 0.330 e. The van der Waals surface area contributed by atoms with Crippen molar-refractivity contribution < 1.29 is 24.1 Å². The second-order valence-electron chi connectivity index (χ2n) is 12.4. The number of benzene rings is 1. The molecule has 0 spiro atoms. The first-order valence-electron chi connectivity index (χ1n) is 13.9. The van der Waals surface area contributed by atoms with Gasteiger partial charge in [0.25, 0.3) is 0 Å². The lowest BCUT2D eigenvalue weighted by Gasteiger charge is -2.41. The fraction of sp³-hybridized carbons (Fsp3) is 0.690. The van der Waals surface area contributed by atoms with Crippen LogP contribution in [-0.4, -0.2) is 86.2 Å². The van der Waals surface area contributed by atoms with Gasteiger partial charge in [-0.1, -0.05) is 43.6 Å². The van der Waals surface area contributed by atoms with Crippen molar-refractivity contribution in [3.63, 3.8) is 0 Å².